The maximum absolute atomic E-state index is 12.4. The minimum Gasteiger partial charge on any atom is -0.462 e. The van der Waals surface area contributed by atoms with Crippen molar-refractivity contribution in [2.45, 2.75) is 65.1 Å². The van der Waals surface area contributed by atoms with Crippen molar-refractivity contribution in [3.8, 4) is 0 Å². The van der Waals surface area contributed by atoms with Crippen LogP contribution in [0.3, 0.4) is 0 Å². The Balaban J connectivity index is 3.03. The molecule has 3 atom stereocenters. The molecule has 0 unspecified atom stereocenters. The van der Waals surface area contributed by atoms with Crippen molar-refractivity contribution in [2.24, 2.45) is 11.3 Å². The molecule has 1 aliphatic rings. The number of hydrogen-bond donors (Lipinski definition) is 1. The Morgan fingerprint density at radius 2 is 2.22 bits per heavy atom. The summed E-state index contributed by atoms with van der Waals surface area (Å²) in [7, 11) is 0. The Morgan fingerprint density at radius 1 is 1.61 bits per heavy atom. The molecule has 0 aliphatic heterocycles. The number of hydrogen-bond acceptors (Lipinski definition) is 3. The molecule has 1 rings (SSSR count). The van der Waals surface area contributed by atoms with E-state index in [9.17, 15) is 9.90 Å². The fraction of sp³-hybridized carbons (Fsp3) is 0.800. The summed E-state index contributed by atoms with van der Waals surface area (Å²) >= 11 is 0. The maximum Gasteiger partial charge on any atom is 0.315 e. The molecular formula is C15H26O3. The topological polar surface area (TPSA) is 46.5 Å². The molecule has 0 bridgehead atoms. The van der Waals surface area contributed by atoms with Gasteiger partial charge in [0.1, 0.15) is 0 Å². The number of esters is 1. The first-order chi connectivity index (χ1) is 8.28. The standard InChI is InChI=1S/C15H26O3/c1-6-7-9-15(13(16)18-11(2)3)10-8-12(4)14(15,5)17/h6,11-12,17H,1,7-10H2,2-5H3/t12-,14+,15+/m0/s1. The Labute approximate surface area is 110 Å². The zero-order valence-corrected chi connectivity index (χ0v) is 12.0. The highest BCUT2D eigenvalue weighted by molar-refractivity contribution is 5.79. The third kappa shape index (κ3) is 2.46. The lowest BCUT2D eigenvalue weighted by atomic mass is 9.70. The van der Waals surface area contributed by atoms with E-state index in [1.807, 2.05) is 20.8 Å². The van der Waals surface area contributed by atoms with Crippen LogP contribution in [-0.2, 0) is 9.53 Å². The molecular weight excluding hydrogens is 228 g/mol. The van der Waals surface area contributed by atoms with Gasteiger partial charge in [0, 0.05) is 0 Å². The first-order valence-electron chi connectivity index (χ1n) is 6.82. The van der Waals surface area contributed by atoms with Crippen LogP contribution in [0, 0.1) is 11.3 Å². The van der Waals surface area contributed by atoms with Crippen LogP contribution in [0.2, 0.25) is 0 Å². The maximum atomic E-state index is 12.4. The highest BCUT2D eigenvalue weighted by Crippen LogP contribution is 2.53. The predicted molar refractivity (Wildman–Crippen MR) is 72.1 cm³/mol. The number of rotatable bonds is 5. The second-order valence-electron chi connectivity index (χ2n) is 5.95. The number of carbonyl (C=O) groups excluding carboxylic acids is 1. The quantitative estimate of drug-likeness (QED) is 0.606. The fourth-order valence-corrected chi connectivity index (χ4v) is 2.93. The van der Waals surface area contributed by atoms with Crippen LogP contribution in [0.5, 0.6) is 0 Å². The van der Waals surface area contributed by atoms with Crippen LogP contribution in [-0.4, -0.2) is 22.8 Å². The zero-order chi connectivity index (χ0) is 14.0. The summed E-state index contributed by atoms with van der Waals surface area (Å²) in [5.74, 6) is -0.143. The molecule has 0 aromatic carbocycles. The summed E-state index contributed by atoms with van der Waals surface area (Å²) in [6, 6.07) is 0. The van der Waals surface area contributed by atoms with Gasteiger partial charge >= 0.3 is 5.97 Å². The summed E-state index contributed by atoms with van der Waals surface area (Å²) in [6.45, 7) is 11.2. The second kappa shape index (κ2) is 5.43. The van der Waals surface area contributed by atoms with Gasteiger partial charge in [0.05, 0.1) is 17.1 Å². The van der Waals surface area contributed by atoms with E-state index in [-0.39, 0.29) is 18.0 Å². The van der Waals surface area contributed by atoms with E-state index in [0.29, 0.717) is 12.8 Å². The van der Waals surface area contributed by atoms with Crippen LogP contribution < -0.4 is 0 Å². The van der Waals surface area contributed by atoms with Gasteiger partial charge in [-0.1, -0.05) is 13.0 Å². The molecule has 104 valence electrons. The van der Waals surface area contributed by atoms with E-state index in [4.69, 9.17) is 4.74 Å². The van der Waals surface area contributed by atoms with Crippen molar-refractivity contribution in [1.82, 2.24) is 0 Å². The van der Waals surface area contributed by atoms with Gasteiger partial charge in [0.25, 0.3) is 0 Å². The first-order valence-corrected chi connectivity index (χ1v) is 6.82. The Kier molecular flexibility index (Phi) is 4.60. The summed E-state index contributed by atoms with van der Waals surface area (Å²) in [5, 5.41) is 10.7. The number of aliphatic hydroxyl groups is 1. The van der Waals surface area contributed by atoms with E-state index in [1.165, 1.54) is 0 Å². The van der Waals surface area contributed by atoms with E-state index in [2.05, 4.69) is 6.58 Å². The largest absolute Gasteiger partial charge is 0.462 e. The summed E-state index contributed by atoms with van der Waals surface area (Å²) < 4.78 is 5.39. The lowest BCUT2D eigenvalue weighted by Crippen LogP contribution is -2.51. The Hall–Kier alpha value is -0.830. The summed E-state index contributed by atoms with van der Waals surface area (Å²) in [4.78, 5) is 12.4. The van der Waals surface area contributed by atoms with Crippen LogP contribution >= 0.6 is 0 Å². The van der Waals surface area contributed by atoms with Gasteiger partial charge < -0.3 is 9.84 Å². The molecule has 0 aromatic heterocycles. The normalized spacial score (nSPS) is 35.8. The third-order valence-electron chi connectivity index (χ3n) is 4.44. The molecule has 0 saturated heterocycles. The fourth-order valence-electron chi connectivity index (χ4n) is 2.93. The number of carbonyl (C=O) groups is 1. The van der Waals surface area contributed by atoms with E-state index in [1.54, 1.807) is 13.0 Å². The molecule has 1 saturated carbocycles. The van der Waals surface area contributed by atoms with Crippen LogP contribution in [0.1, 0.15) is 53.4 Å². The van der Waals surface area contributed by atoms with Crippen molar-refractivity contribution in [3.63, 3.8) is 0 Å². The Morgan fingerprint density at radius 3 is 2.61 bits per heavy atom. The van der Waals surface area contributed by atoms with E-state index >= 15 is 0 Å². The Bertz CT molecular complexity index is 320. The van der Waals surface area contributed by atoms with Crippen LogP contribution in [0.25, 0.3) is 0 Å². The van der Waals surface area contributed by atoms with Crippen molar-refractivity contribution in [2.75, 3.05) is 0 Å². The predicted octanol–water partition coefficient (Wildman–Crippen LogP) is 3.07. The van der Waals surface area contributed by atoms with Gasteiger partial charge in [-0.25, -0.2) is 0 Å². The molecule has 0 heterocycles. The van der Waals surface area contributed by atoms with Gasteiger partial charge in [-0.3, -0.25) is 4.79 Å². The highest BCUT2D eigenvalue weighted by atomic mass is 16.5. The van der Waals surface area contributed by atoms with E-state index in [0.717, 1.165) is 12.8 Å². The molecule has 1 N–H and O–H groups in total. The van der Waals surface area contributed by atoms with Gasteiger partial charge in [-0.15, -0.1) is 6.58 Å². The van der Waals surface area contributed by atoms with Gasteiger partial charge in [-0.2, -0.15) is 0 Å². The minimum atomic E-state index is -0.998. The second-order valence-corrected chi connectivity index (χ2v) is 5.95. The molecule has 3 nitrogen and oxygen atoms in total. The molecule has 0 spiro atoms. The number of ether oxygens (including phenoxy) is 1. The molecule has 1 fully saturated rings. The lowest BCUT2D eigenvalue weighted by Gasteiger charge is -2.40. The third-order valence-corrected chi connectivity index (χ3v) is 4.44. The van der Waals surface area contributed by atoms with E-state index < -0.39 is 11.0 Å². The van der Waals surface area contributed by atoms with Crippen LogP contribution in [0.15, 0.2) is 12.7 Å². The van der Waals surface area contributed by atoms with Crippen molar-refractivity contribution < 1.29 is 14.6 Å². The monoisotopic (exact) mass is 254 g/mol. The van der Waals surface area contributed by atoms with Crippen molar-refractivity contribution in [1.29, 1.82) is 0 Å². The zero-order valence-electron chi connectivity index (χ0n) is 12.0. The molecule has 0 aromatic rings. The average molecular weight is 254 g/mol. The summed E-state index contributed by atoms with van der Waals surface area (Å²) in [5.41, 5.74) is -1.77. The molecule has 1 aliphatic carbocycles. The van der Waals surface area contributed by atoms with Gasteiger partial charge in [0.15, 0.2) is 0 Å². The van der Waals surface area contributed by atoms with Gasteiger partial charge in [-0.05, 0) is 52.4 Å². The SMILES string of the molecule is C=CCC[C@]1(C(=O)OC(C)C)CC[C@H](C)[C@@]1(C)O. The van der Waals surface area contributed by atoms with Crippen molar-refractivity contribution >= 4 is 5.97 Å². The van der Waals surface area contributed by atoms with Gasteiger partial charge in [0.2, 0.25) is 0 Å². The first kappa shape index (κ1) is 15.2. The number of allylic oxidation sites excluding steroid dienone is 1. The highest BCUT2D eigenvalue weighted by Gasteiger charge is 2.60. The molecule has 0 radical (unpaired) electrons. The lowest BCUT2D eigenvalue weighted by molar-refractivity contribution is -0.177. The molecule has 3 heteroatoms. The smallest absolute Gasteiger partial charge is 0.315 e. The van der Waals surface area contributed by atoms with Crippen molar-refractivity contribution in [3.05, 3.63) is 12.7 Å². The average Bonchev–Trinajstić information content (AvgIpc) is 2.49. The summed E-state index contributed by atoms with van der Waals surface area (Å²) in [6.07, 6.45) is 4.53. The molecule has 18 heavy (non-hydrogen) atoms. The molecule has 0 amide bonds. The van der Waals surface area contributed by atoms with Crippen LogP contribution in [0.4, 0.5) is 0 Å². The minimum absolute atomic E-state index is 0.113.